The number of likely N-dealkylation sites (N-methyl/N-ethyl adjacent to an activating group) is 1. The number of nitrogens with one attached hydrogen (secondary N) is 1. The maximum Gasteiger partial charge on any atom is 0.0346 e. The largest absolute Gasteiger partial charge is 0.311 e. The molecule has 3 heteroatoms. The first kappa shape index (κ1) is 14.5. The molecule has 0 aliphatic rings. The van der Waals surface area contributed by atoms with Crippen LogP contribution < -0.4 is 5.32 Å². The Labute approximate surface area is 120 Å². The summed E-state index contributed by atoms with van der Waals surface area (Å²) in [5, 5.41) is 4.89. The van der Waals surface area contributed by atoms with Gasteiger partial charge in [0, 0.05) is 34.8 Å². The molecule has 0 amide bonds. The predicted molar refractivity (Wildman–Crippen MR) is 85.9 cm³/mol. The molecule has 2 aromatic rings. The van der Waals surface area contributed by atoms with E-state index in [-0.39, 0.29) is 5.54 Å². The summed E-state index contributed by atoms with van der Waals surface area (Å²) in [7, 11) is 2.19. The van der Waals surface area contributed by atoms with Gasteiger partial charge in [-0.3, -0.25) is 0 Å². The highest BCUT2D eigenvalue weighted by molar-refractivity contribution is 7.19. The van der Waals surface area contributed by atoms with Crippen LogP contribution in [0, 0.1) is 0 Å². The minimum Gasteiger partial charge on any atom is -0.311 e. The number of hydrogen-bond acceptors (Lipinski definition) is 3. The van der Waals surface area contributed by atoms with Gasteiger partial charge in [0.15, 0.2) is 0 Å². The molecule has 1 aromatic heterocycles. The lowest BCUT2D eigenvalue weighted by molar-refractivity contribution is 0.305. The Hall–Kier alpha value is -0.900. The number of hydrogen-bond donors (Lipinski definition) is 1. The average Bonchev–Trinajstić information content (AvgIpc) is 2.68. The fourth-order valence-electron chi connectivity index (χ4n) is 2.08. The van der Waals surface area contributed by atoms with Crippen LogP contribution in [-0.2, 0) is 6.54 Å². The predicted octanol–water partition coefficient (Wildman–Crippen LogP) is 3.72. The fourth-order valence-corrected chi connectivity index (χ4v) is 3.23. The van der Waals surface area contributed by atoms with E-state index in [1.165, 1.54) is 15.0 Å². The van der Waals surface area contributed by atoms with Crippen LogP contribution in [0.3, 0.4) is 0 Å². The number of benzene rings is 1. The van der Waals surface area contributed by atoms with Gasteiger partial charge in [0.1, 0.15) is 0 Å². The van der Waals surface area contributed by atoms with Crippen LogP contribution in [-0.4, -0.2) is 30.6 Å². The van der Waals surface area contributed by atoms with Gasteiger partial charge in [-0.15, -0.1) is 11.3 Å². The minimum atomic E-state index is 0.207. The summed E-state index contributed by atoms with van der Waals surface area (Å²) in [5.74, 6) is 0. The minimum absolute atomic E-state index is 0.207. The highest BCUT2D eigenvalue weighted by Crippen LogP contribution is 2.25. The van der Waals surface area contributed by atoms with Gasteiger partial charge < -0.3 is 10.2 Å². The third kappa shape index (κ3) is 4.60. The second-order valence-electron chi connectivity index (χ2n) is 6.17. The molecule has 0 bridgehead atoms. The molecule has 1 heterocycles. The van der Waals surface area contributed by atoms with Crippen molar-refractivity contribution in [2.75, 3.05) is 20.1 Å². The first-order chi connectivity index (χ1) is 8.94. The number of fused-ring (bicyclic) bond motifs is 1. The lowest BCUT2D eigenvalue weighted by Crippen LogP contribution is -2.40. The molecule has 1 aromatic carbocycles. The molecule has 19 heavy (non-hydrogen) atoms. The molecule has 1 N–H and O–H groups in total. The summed E-state index contributed by atoms with van der Waals surface area (Å²) in [6.07, 6.45) is 0. The molecular formula is C16H24N2S. The summed E-state index contributed by atoms with van der Waals surface area (Å²) in [4.78, 5) is 3.82. The van der Waals surface area contributed by atoms with Crippen LogP contribution in [0.5, 0.6) is 0 Å². The molecule has 0 saturated carbocycles. The second-order valence-corrected chi connectivity index (χ2v) is 7.33. The Morgan fingerprint density at radius 2 is 1.95 bits per heavy atom. The zero-order valence-electron chi connectivity index (χ0n) is 12.4. The summed E-state index contributed by atoms with van der Waals surface area (Å²) in [6, 6.07) is 10.9. The maximum atomic E-state index is 3.53. The number of rotatable bonds is 5. The van der Waals surface area contributed by atoms with Gasteiger partial charge in [0.05, 0.1) is 0 Å². The smallest absolute Gasteiger partial charge is 0.0346 e. The highest BCUT2D eigenvalue weighted by atomic mass is 32.1. The molecule has 2 nitrogen and oxygen atoms in total. The molecule has 0 spiro atoms. The van der Waals surface area contributed by atoms with E-state index in [0.717, 1.165) is 19.6 Å². The molecule has 104 valence electrons. The molecule has 0 aliphatic carbocycles. The van der Waals surface area contributed by atoms with Crippen LogP contribution >= 0.6 is 11.3 Å². The van der Waals surface area contributed by atoms with E-state index < -0.39 is 0 Å². The molecule has 0 fully saturated rings. The van der Waals surface area contributed by atoms with E-state index in [1.54, 1.807) is 0 Å². The van der Waals surface area contributed by atoms with Crippen molar-refractivity contribution in [3.63, 3.8) is 0 Å². The molecule has 0 aliphatic heterocycles. The molecule has 2 rings (SSSR count). The van der Waals surface area contributed by atoms with Gasteiger partial charge in [0.25, 0.3) is 0 Å². The second kappa shape index (κ2) is 6.04. The Balaban J connectivity index is 1.86. The van der Waals surface area contributed by atoms with Crippen LogP contribution in [0.25, 0.3) is 10.1 Å². The molecule has 0 unspecified atom stereocenters. The highest BCUT2D eigenvalue weighted by Gasteiger charge is 2.09. The van der Waals surface area contributed by atoms with Gasteiger partial charge in [-0.05, 0) is 45.3 Å². The lowest BCUT2D eigenvalue weighted by Gasteiger charge is -2.23. The maximum absolute atomic E-state index is 3.53. The van der Waals surface area contributed by atoms with E-state index in [9.17, 15) is 0 Å². The van der Waals surface area contributed by atoms with Crippen molar-refractivity contribution in [2.45, 2.75) is 32.9 Å². The Morgan fingerprint density at radius 1 is 1.21 bits per heavy atom. The summed E-state index contributed by atoms with van der Waals surface area (Å²) >= 11 is 1.90. The van der Waals surface area contributed by atoms with Gasteiger partial charge in [-0.25, -0.2) is 0 Å². The first-order valence-electron chi connectivity index (χ1n) is 6.85. The standard InChI is InChI=1S/C16H24N2S/c1-16(2,3)17-9-10-18(4)12-14-11-13-7-5-6-8-15(13)19-14/h5-8,11,17H,9-10,12H2,1-4H3. The van der Waals surface area contributed by atoms with Gasteiger partial charge >= 0.3 is 0 Å². The molecule has 0 radical (unpaired) electrons. The summed E-state index contributed by atoms with van der Waals surface area (Å²) in [5.41, 5.74) is 0.207. The van der Waals surface area contributed by atoms with E-state index in [4.69, 9.17) is 0 Å². The van der Waals surface area contributed by atoms with Gasteiger partial charge in [0.2, 0.25) is 0 Å². The normalized spacial score (nSPS) is 12.5. The van der Waals surface area contributed by atoms with Gasteiger partial charge in [-0.1, -0.05) is 18.2 Å². The third-order valence-corrected chi connectivity index (χ3v) is 4.15. The summed E-state index contributed by atoms with van der Waals surface area (Å²) < 4.78 is 1.39. The Kier molecular flexibility index (Phi) is 4.61. The number of thiophene rings is 1. The van der Waals surface area contributed by atoms with Crippen molar-refractivity contribution in [3.8, 4) is 0 Å². The van der Waals surface area contributed by atoms with E-state index >= 15 is 0 Å². The SMILES string of the molecule is CN(CCNC(C)(C)C)Cc1cc2ccccc2s1. The van der Waals surface area contributed by atoms with Crippen molar-refractivity contribution in [1.82, 2.24) is 10.2 Å². The van der Waals surface area contributed by atoms with Gasteiger partial charge in [-0.2, -0.15) is 0 Å². The lowest BCUT2D eigenvalue weighted by atomic mass is 10.1. The zero-order chi connectivity index (χ0) is 13.9. The van der Waals surface area contributed by atoms with Crippen LogP contribution in [0.15, 0.2) is 30.3 Å². The number of nitrogens with zero attached hydrogens (tertiary/aromatic N) is 1. The fraction of sp³-hybridized carbons (Fsp3) is 0.500. The monoisotopic (exact) mass is 276 g/mol. The van der Waals surface area contributed by atoms with Crippen molar-refractivity contribution in [2.24, 2.45) is 0 Å². The van der Waals surface area contributed by atoms with Crippen molar-refractivity contribution in [1.29, 1.82) is 0 Å². The van der Waals surface area contributed by atoms with E-state index in [0.29, 0.717) is 0 Å². The van der Waals surface area contributed by atoms with E-state index in [2.05, 4.69) is 68.4 Å². The zero-order valence-corrected chi connectivity index (χ0v) is 13.2. The molecular weight excluding hydrogens is 252 g/mol. The van der Waals surface area contributed by atoms with Crippen LogP contribution in [0.1, 0.15) is 25.6 Å². The van der Waals surface area contributed by atoms with Crippen molar-refractivity contribution in [3.05, 3.63) is 35.2 Å². The summed E-state index contributed by atoms with van der Waals surface area (Å²) in [6.45, 7) is 9.76. The van der Waals surface area contributed by atoms with Crippen molar-refractivity contribution >= 4 is 21.4 Å². The Morgan fingerprint density at radius 3 is 2.63 bits per heavy atom. The topological polar surface area (TPSA) is 15.3 Å². The van der Waals surface area contributed by atoms with Crippen molar-refractivity contribution < 1.29 is 0 Å². The molecule has 0 atom stereocenters. The third-order valence-electron chi connectivity index (χ3n) is 3.05. The molecule has 0 saturated heterocycles. The van der Waals surface area contributed by atoms with Crippen LogP contribution in [0.2, 0.25) is 0 Å². The average molecular weight is 276 g/mol. The van der Waals surface area contributed by atoms with Crippen LogP contribution in [0.4, 0.5) is 0 Å². The first-order valence-corrected chi connectivity index (χ1v) is 7.67. The Bertz CT molecular complexity index is 492. The van der Waals surface area contributed by atoms with E-state index in [1.807, 2.05) is 11.3 Å². The quantitative estimate of drug-likeness (QED) is 0.895.